The van der Waals surface area contributed by atoms with Crippen molar-refractivity contribution in [1.29, 1.82) is 0 Å². The smallest absolute Gasteiger partial charge is 0.207 e. The lowest BCUT2D eigenvalue weighted by Gasteiger charge is -2.03. The van der Waals surface area contributed by atoms with Crippen LogP contribution in [0.3, 0.4) is 0 Å². The van der Waals surface area contributed by atoms with E-state index in [9.17, 15) is 9.18 Å². The van der Waals surface area contributed by atoms with Gasteiger partial charge >= 0.3 is 0 Å². The number of Topliss-reactive ketones (excluding diaryl/α,β-unsaturated/α-hetero) is 1. The first-order valence-corrected chi connectivity index (χ1v) is 3.91. The lowest BCUT2D eigenvalue weighted by atomic mass is 10.1. The number of hydrogen-bond donors (Lipinski definition) is 2. The zero-order valence-corrected chi connectivity index (χ0v) is 7.18. The van der Waals surface area contributed by atoms with E-state index in [-0.39, 0.29) is 11.4 Å². The first kappa shape index (κ1) is 9.80. The monoisotopic (exact) mass is 204 g/mol. The number of halogens is 2. The fraction of sp³-hybridized carbons (Fsp3) is 0.125. The predicted octanol–water partition coefficient (Wildman–Crippen LogP) is 1.66. The number of alkyl halides is 1. The fourth-order valence-electron chi connectivity index (χ4n) is 0.851. The number of hydrogen-bond acceptors (Lipinski definition) is 3. The summed E-state index contributed by atoms with van der Waals surface area (Å²) in [6, 6.07) is 2.09. The summed E-state index contributed by atoms with van der Waals surface area (Å²) >= 11 is 5.21. The van der Waals surface area contributed by atoms with Crippen LogP contribution in [0.4, 0.5) is 4.39 Å². The maximum atomic E-state index is 12.8. The number of phenols is 2. The zero-order valence-electron chi connectivity index (χ0n) is 6.42. The molecule has 13 heavy (non-hydrogen) atoms. The van der Waals surface area contributed by atoms with E-state index in [1.54, 1.807) is 0 Å². The molecule has 0 aliphatic rings. The van der Waals surface area contributed by atoms with Gasteiger partial charge in [-0.05, 0) is 12.1 Å². The summed E-state index contributed by atoms with van der Waals surface area (Å²) in [7, 11) is 0. The molecule has 0 spiro atoms. The first-order valence-electron chi connectivity index (χ1n) is 3.37. The topological polar surface area (TPSA) is 57.5 Å². The number of benzene rings is 1. The van der Waals surface area contributed by atoms with Gasteiger partial charge in [-0.25, -0.2) is 0 Å². The first-order chi connectivity index (χ1) is 6.07. The van der Waals surface area contributed by atoms with Crippen molar-refractivity contribution in [2.24, 2.45) is 0 Å². The molecule has 0 unspecified atom stereocenters. The molecule has 2 N–H and O–H groups in total. The standard InChI is InChI=1S/C8H6ClFO3/c9-3-6(12)4-1-2-5(11)7(10)8(4)13/h1-2,11,13H,3H2. The number of carbonyl (C=O) groups excluding carboxylic acids is 1. The molecule has 0 fully saturated rings. The van der Waals surface area contributed by atoms with Gasteiger partial charge in [0.2, 0.25) is 5.82 Å². The number of aromatic hydroxyl groups is 2. The van der Waals surface area contributed by atoms with Gasteiger partial charge in [-0.1, -0.05) is 0 Å². The maximum Gasteiger partial charge on any atom is 0.207 e. The SMILES string of the molecule is O=C(CCl)c1ccc(O)c(F)c1O. The van der Waals surface area contributed by atoms with E-state index in [1.165, 1.54) is 0 Å². The van der Waals surface area contributed by atoms with Crippen LogP contribution in [-0.4, -0.2) is 21.9 Å². The van der Waals surface area contributed by atoms with Crippen LogP contribution in [-0.2, 0) is 0 Å². The van der Waals surface area contributed by atoms with Gasteiger partial charge in [0.05, 0.1) is 11.4 Å². The Morgan fingerprint density at radius 2 is 2.08 bits per heavy atom. The summed E-state index contributed by atoms with van der Waals surface area (Å²) in [6.45, 7) is 0. The molecule has 3 nitrogen and oxygen atoms in total. The molecule has 0 aromatic heterocycles. The van der Waals surface area contributed by atoms with Crippen molar-refractivity contribution in [1.82, 2.24) is 0 Å². The third-order valence-corrected chi connectivity index (χ3v) is 1.76. The molecule has 1 aromatic rings. The Labute approximate surface area is 78.4 Å². The highest BCUT2D eigenvalue weighted by molar-refractivity contribution is 6.30. The van der Waals surface area contributed by atoms with Crippen molar-refractivity contribution in [3.05, 3.63) is 23.5 Å². The molecule has 0 amide bonds. The third kappa shape index (κ3) is 1.72. The van der Waals surface area contributed by atoms with Gasteiger partial charge in [0.15, 0.2) is 17.3 Å². The Morgan fingerprint density at radius 1 is 1.46 bits per heavy atom. The quantitative estimate of drug-likeness (QED) is 0.569. The van der Waals surface area contributed by atoms with E-state index in [4.69, 9.17) is 21.8 Å². The molecule has 0 saturated carbocycles. The second kappa shape index (κ2) is 3.62. The highest BCUT2D eigenvalue weighted by Crippen LogP contribution is 2.28. The molecule has 1 rings (SSSR count). The number of ketones is 1. The molecule has 70 valence electrons. The molecule has 0 aliphatic carbocycles. The highest BCUT2D eigenvalue weighted by Gasteiger charge is 2.16. The van der Waals surface area contributed by atoms with Crippen LogP contribution in [0.5, 0.6) is 11.5 Å². The Morgan fingerprint density at radius 3 is 2.62 bits per heavy atom. The van der Waals surface area contributed by atoms with Gasteiger partial charge in [0.1, 0.15) is 0 Å². The summed E-state index contributed by atoms with van der Waals surface area (Å²) < 4.78 is 12.8. The van der Waals surface area contributed by atoms with Crippen molar-refractivity contribution in [2.45, 2.75) is 0 Å². The number of phenolic OH excluding ortho intramolecular Hbond substituents is 2. The minimum Gasteiger partial charge on any atom is -0.505 e. The van der Waals surface area contributed by atoms with Gasteiger partial charge in [0.25, 0.3) is 0 Å². The van der Waals surface area contributed by atoms with Crippen LogP contribution in [0.2, 0.25) is 0 Å². The van der Waals surface area contributed by atoms with Crippen molar-refractivity contribution < 1.29 is 19.4 Å². The average Bonchev–Trinajstić information content (AvgIpc) is 2.13. The van der Waals surface area contributed by atoms with Crippen LogP contribution >= 0.6 is 11.6 Å². The van der Waals surface area contributed by atoms with E-state index >= 15 is 0 Å². The van der Waals surface area contributed by atoms with E-state index in [2.05, 4.69) is 0 Å². The lowest BCUT2D eigenvalue weighted by molar-refractivity contribution is 0.101. The van der Waals surface area contributed by atoms with Crippen LogP contribution in [0.15, 0.2) is 12.1 Å². The van der Waals surface area contributed by atoms with Gasteiger partial charge in [-0.3, -0.25) is 4.79 Å². The normalized spacial score (nSPS) is 10.0. The summed E-state index contributed by atoms with van der Waals surface area (Å²) in [4.78, 5) is 11.0. The molecule has 0 saturated heterocycles. The van der Waals surface area contributed by atoms with Crippen LogP contribution in [0, 0.1) is 5.82 Å². The van der Waals surface area contributed by atoms with Crippen LogP contribution in [0.1, 0.15) is 10.4 Å². The summed E-state index contributed by atoms with van der Waals surface area (Å²) in [5.41, 5.74) is -0.231. The summed E-state index contributed by atoms with van der Waals surface area (Å²) in [5.74, 6) is -3.74. The summed E-state index contributed by atoms with van der Waals surface area (Å²) in [6.07, 6.45) is 0. The molecular formula is C8H6ClFO3. The number of rotatable bonds is 2. The Bertz CT molecular complexity index is 351. The van der Waals surface area contributed by atoms with Gasteiger partial charge in [-0.15, -0.1) is 11.6 Å². The van der Waals surface area contributed by atoms with Gasteiger partial charge in [0, 0.05) is 0 Å². The van der Waals surface area contributed by atoms with Crippen molar-refractivity contribution in [3.8, 4) is 11.5 Å². The molecule has 0 atom stereocenters. The van der Waals surface area contributed by atoms with E-state index in [0.717, 1.165) is 12.1 Å². The Balaban J connectivity index is 3.26. The average molecular weight is 205 g/mol. The second-order valence-corrected chi connectivity index (χ2v) is 2.62. The highest BCUT2D eigenvalue weighted by atomic mass is 35.5. The molecule has 0 bridgehead atoms. The van der Waals surface area contributed by atoms with Gasteiger partial charge in [-0.2, -0.15) is 4.39 Å². The van der Waals surface area contributed by atoms with Crippen LogP contribution in [0.25, 0.3) is 0 Å². The minimum absolute atomic E-state index is 0.231. The predicted molar refractivity (Wildman–Crippen MR) is 44.8 cm³/mol. The second-order valence-electron chi connectivity index (χ2n) is 2.35. The molecule has 5 heteroatoms. The lowest BCUT2D eigenvalue weighted by Crippen LogP contribution is -2.01. The number of carbonyl (C=O) groups is 1. The minimum atomic E-state index is -1.21. The third-order valence-electron chi connectivity index (χ3n) is 1.52. The molecule has 0 heterocycles. The molecule has 0 radical (unpaired) electrons. The summed E-state index contributed by atoms with van der Waals surface area (Å²) in [5, 5.41) is 17.9. The zero-order chi connectivity index (χ0) is 10.0. The van der Waals surface area contributed by atoms with Crippen molar-refractivity contribution >= 4 is 17.4 Å². The van der Waals surface area contributed by atoms with Crippen molar-refractivity contribution in [3.63, 3.8) is 0 Å². The fourth-order valence-corrected chi connectivity index (χ4v) is 0.995. The maximum absolute atomic E-state index is 12.8. The van der Waals surface area contributed by atoms with E-state index in [1.807, 2.05) is 0 Å². The van der Waals surface area contributed by atoms with Crippen molar-refractivity contribution in [2.75, 3.05) is 5.88 Å². The molecule has 1 aromatic carbocycles. The molecular weight excluding hydrogens is 199 g/mol. The van der Waals surface area contributed by atoms with Gasteiger partial charge < -0.3 is 10.2 Å². The van der Waals surface area contributed by atoms with E-state index in [0.29, 0.717) is 0 Å². The van der Waals surface area contributed by atoms with E-state index < -0.39 is 23.1 Å². The molecule has 0 aliphatic heterocycles. The Hall–Kier alpha value is -1.29. The van der Waals surface area contributed by atoms with Crippen LogP contribution < -0.4 is 0 Å². The Kier molecular flexibility index (Phi) is 2.72. The largest absolute Gasteiger partial charge is 0.505 e.